The Bertz CT molecular complexity index is 1140. The van der Waals surface area contributed by atoms with E-state index >= 15 is 0 Å². The Morgan fingerprint density at radius 1 is 1.25 bits per heavy atom. The molecule has 2 atom stereocenters. The Kier molecular flexibility index (Phi) is 5.86. The second-order valence-corrected chi connectivity index (χ2v) is 10.5. The monoisotopic (exact) mass is 455 g/mol. The average Bonchev–Trinajstić information content (AvgIpc) is 3.41. The molecule has 2 aromatic heterocycles. The molecule has 3 aromatic rings. The minimum Gasteiger partial charge on any atom is -0.394 e. The lowest BCUT2D eigenvalue weighted by Crippen LogP contribution is -2.35. The smallest absolute Gasteiger partial charge is 0.227 e. The van der Waals surface area contributed by atoms with Crippen LogP contribution in [0.1, 0.15) is 44.0 Å². The number of fused-ring (bicyclic) bond motifs is 2. The normalized spacial score (nSPS) is 20.1. The number of aromatic nitrogens is 3. The third-order valence-electron chi connectivity index (χ3n) is 6.57. The Hall–Kier alpha value is -2.52. The maximum absolute atomic E-state index is 12.6. The molecule has 1 unspecified atom stereocenters. The van der Waals surface area contributed by atoms with Crippen molar-refractivity contribution < 1.29 is 13.8 Å². The standard InChI is InChI=1S/C23H29N5O3S/c1-14(2)18(13-29)24-22-21-17(9-12-32(21)30)25-23(26-22)28-10-7-15(8-11-28)20-16-5-3-4-6-19(16)31-27-20/h3-6,14-15,18,29H,7-13H2,1-2H3,(H,24,25,26)/t18-,32?/m0/s1. The summed E-state index contributed by atoms with van der Waals surface area (Å²) in [6.07, 6.45) is 2.58. The summed E-state index contributed by atoms with van der Waals surface area (Å²) >= 11 is 0. The summed E-state index contributed by atoms with van der Waals surface area (Å²) in [5.74, 6) is 2.42. The maximum atomic E-state index is 12.6. The van der Waals surface area contributed by atoms with Crippen molar-refractivity contribution in [3.05, 3.63) is 35.7 Å². The molecule has 2 N–H and O–H groups in total. The van der Waals surface area contributed by atoms with Gasteiger partial charge in [0.05, 0.1) is 34.8 Å². The number of nitrogens with zero attached hydrogens (tertiary/aromatic N) is 4. The number of aliphatic hydroxyl groups excluding tert-OH is 1. The molecule has 32 heavy (non-hydrogen) atoms. The summed E-state index contributed by atoms with van der Waals surface area (Å²) in [5, 5.41) is 18.6. The molecule has 1 aromatic carbocycles. The van der Waals surface area contributed by atoms with Crippen molar-refractivity contribution in [3.8, 4) is 0 Å². The Morgan fingerprint density at radius 2 is 2.03 bits per heavy atom. The van der Waals surface area contributed by atoms with Crippen molar-refractivity contribution in [2.24, 2.45) is 5.92 Å². The van der Waals surface area contributed by atoms with Gasteiger partial charge in [0.1, 0.15) is 10.7 Å². The largest absolute Gasteiger partial charge is 0.394 e. The van der Waals surface area contributed by atoms with Gasteiger partial charge in [0.2, 0.25) is 5.95 Å². The zero-order valence-corrected chi connectivity index (χ0v) is 19.3. The van der Waals surface area contributed by atoms with Crippen LogP contribution in [-0.2, 0) is 17.2 Å². The maximum Gasteiger partial charge on any atom is 0.227 e. The second kappa shape index (κ2) is 8.78. The number of nitrogens with one attached hydrogen (secondary N) is 1. The number of benzene rings is 1. The van der Waals surface area contributed by atoms with Crippen molar-refractivity contribution in [1.29, 1.82) is 0 Å². The molecule has 0 bridgehead atoms. The molecular formula is C23H29N5O3S. The quantitative estimate of drug-likeness (QED) is 0.584. The van der Waals surface area contributed by atoms with E-state index in [1.807, 2.05) is 32.0 Å². The van der Waals surface area contributed by atoms with Crippen LogP contribution >= 0.6 is 0 Å². The highest BCUT2D eigenvalue weighted by Crippen LogP contribution is 2.35. The number of hydrogen-bond donors (Lipinski definition) is 2. The fourth-order valence-electron chi connectivity index (χ4n) is 4.57. The number of para-hydroxylation sites is 1. The lowest BCUT2D eigenvalue weighted by Gasteiger charge is -2.32. The zero-order valence-electron chi connectivity index (χ0n) is 18.5. The van der Waals surface area contributed by atoms with Crippen molar-refractivity contribution in [3.63, 3.8) is 0 Å². The van der Waals surface area contributed by atoms with Crippen LogP contribution in [0, 0.1) is 5.92 Å². The van der Waals surface area contributed by atoms with Crippen LogP contribution in [0.2, 0.25) is 0 Å². The Balaban J connectivity index is 1.37. The molecular weight excluding hydrogens is 426 g/mol. The summed E-state index contributed by atoms with van der Waals surface area (Å²) in [7, 11) is -1.10. The molecule has 0 radical (unpaired) electrons. The highest BCUT2D eigenvalue weighted by molar-refractivity contribution is 7.85. The molecule has 1 fully saturated rings. The minimum absolute atomic E-state index is 0.00450. The van der Waals surface area contributed by atoms with E-state index in [4.69, 9.17) is 14.5 Å². The SMILES string of the molecule is CC(C)[C@H](CO)Nc1nc(N2CCC(c3noc4ccccc34)CC2)nc2c1S(=O)CC2. The van der Waals surface area contributed by atoms with Crippen LogP contribution in [0.3, 0.4) is 0 Å². The number of aryl methyl sites for hydroxylation is 1. The third kappa shape index (κ3) is 3.88. The van der Waals surface area contributed by atoms with Crippen LogP contribution in [0.4, 0.5) is 11.8 Å². The first-order valence-corrected chi connectivity index (χ1v) is 12.6. The van der Waals surface area contributed by atoms with Gasteiger partial charge in [0, 0.05) is 36.6 Å². The third-order valence-corrected chi connectivity index (χ3v) is 8.03. The van der Waals surface area contributed by atoms with E-state index in [1.165, 1.54) is 0 Å². The van der Waals surface area contributed by atoms with Crippen LogP contribution < -0.4 is 10.2 Å². The van der Waals surface area contributed by atoms with Crippen LogP contribution in [0.15, 0.2) is 33.7 Å². The topological polar surface area (TPSA) is 104 Å². The van der Waals surface area contributed by atoms with Crippen molar-refractivity contribution in [2.45, 2.75) is 50.0 Å². The summed E-state index contributed by atoms with van der Waals surface area (Å²) in [6, 6.07) is 7.86. The van der Waals surface area contributed by atoms with Crippen molar-refractivity contribution in [1.82, 2.24) is 15.1 Å². The molecule has 5 rings (SSSR count). The van der Waals surface area contributed by atoms with Crippen molar-refractivity contribution >= 4 is 33.5 Å². The fraction of sp³-hybridized carbons (Fsp3) is 0.522. The molecule has 2 aliphatic heterocycles. The van der Waals surface area contributed by atoms with Crippen molar-refractivity contribution in [2.75, 3.05) is 35.7 Å². The van der Waals surface area contributed by atoms with E-state index in [2.05, 4.69) is 21.4 Å². The second-order valence-electron chi connectivity index (χ2n) is 8.95. The highest BCUT2D eigenvalue weighted by Gasteiger charge is 2.31. The van der Waals surface area contributed by atoms with Gasteiger partial charge >= 0.3 is 0 Å². The lowest BCUT2D eigenvalue weighted by molar-refractivity contribution is 0.249. The first-order valence-electron chi connectivity index (χ1n) is 11.3. The van der Waals surface area contributed by atoms with E-state index in [9.17, 15) is 9.32 Å². The van der Waals surface area contributed by atoms with Gasteiger partial charge in [-0.3, -0.25) is 4.21 Å². The Morgan fingerprint density at radius 3 is 2.78 bits per heavy atom. The molecule has 9 heteroatoms. The molecule has 8 nitrogen and oxygen atoms in total. The van der Waals surface area contributed by atoms with E-state index in [0.717, 1.165) is 48.3 Å². The zero-order chi connectivity index (χ0) is 22.2. The fourth-order valence-corrected chi connectivity index (χ4v) is 5.89. The first kappa shape index (κ1) is 21.3. The average molecular weight is 456 g/mol. The van der Waals surface area contributed by atoms with Gasteiger partial charge < -0.3 is 19.8 Å². The number of hydrogen-bond acceptors (Lipinski definition) is 8. The minimum atomic E-state index is -1.10. The van der Waals surface area contributed by atoms with Gasteiger partial charge in [-0.05, 0) is 30.9 Å². The number of rotatable bonds is 6. The van der Waals surface area contributed by atoms with Gasteiger partial charge in [-0.2, -0.15) is 4.98 Å². The predicted molar refractivity (Wildman–Crippen MR) is 125 cm³/mol. The number of piperidine rings is 1. The van der Waals surface area contributed by atoms with Gasteiger partial charge in [0.25, 0.3) is 0 Å². The molecule has 4 heterocycles. The first-order chi connectivity index (χ1) is 15.5. The van der Waals surface area contributed by atoms with Gasteiger partial charge in [-0.1, -0.05) is 31.1 Å². The molecule has 0 spiro atoms. The molecule has 170 valence electrons. The summed E-state index contributed by atoms with van der Waals surface area (Å²) in [6.45, 7) is 5.73. The molecule has 1 saturated heterocycles. The van der Waals surface area contributed by atoms with E-state index in [1.54, 1.807) is 0 Å². The van der Waals surface area contributed by atoms with Crippen LogP contribution in [0.5, 0.6) is 0 Å². The van der Waals surface area contributed by atoms with Crippen LogP contribution in [-0.4, -0.2) is 55.9 Å². The molecule has 2 aliphatic rings. The number of anilines is 2. The number of aliphatic hydroxyl groups is 1. The lowest BCUT2D eigenvalue weighted by atomic mass is 9.92. The van der Waals surface area contributed by atoms with Crippen LogP contribution in [0.25, 0.3) is 11.0 Å². The summed E-state index contributed by atoms with van der Waals surface area (Å²) in [5.41, 5.74) is 2.73. The summed E-state index contributed by atoms with van der Waals surface area (Å²) < 4.78 is 18.1. The highest BCUT2D eigenvalue weighted by atomic mass is 32.2. The molecule has 0 saturated carbocycles. The van der Waals surface area contributed by atoms with Gasteiger partial charge in [-0.15, -0.1) is 0 Å². The van der Waals surface area contributed by atoms with E-state index in [0.29, 0.717) is 34.8 Å². The molecule has 0 aliphatic carbocycles. The summed E-state index contributed by atoms with van der Waals surface area (Å²) in [4.78, 5) is 12.5. The van der Waals surface area contributed by atoms with Gasteiger partial charge in [0.15, 0.2) is 5.58 Å². The van der Waals surface area contributed by atoms with E-state index in [-0.39, 0.29) is 18.6 Å². The Labute approximate surface area is 189 Å². The predicted octanol–water partition coefficient (Wildman–Crippen LogP) is 3.09. The van der Waals surface area contributed by atoms with E-state index < -0.39 is 10.8 Å². The molecule has 0 amide bonds. The van der Waals surface area contributed by atoms with Gasteiger partial charge in [-0.25, -0.2) is 4.98 Å².